The topological polar surface area (TPSA) is 134 Å². The lowest BCUT2D eigenvalue weighted by Gasteiger charge is -2.28. The highest BCUT2D eigenvalue weighted by atomic mass is 16.5. The maximum atomic E-state index is 12.9. The average molecular weight is 571 g/mol. The second-order valence-corrected chi connectivity index (χ2v) is 10.3. The van der Waals surface area contributed by atoms with Gasteiger partial charge in [-0.2, -0.15) is 0 Å². The number of phenols is 4. The molecule has 0 heterocycles. The Bertz CT molecular complexity index is 1430. The Balaban J connectivity index is 1.48. The van der Waals surface area contributed by atoms with Gasteiger partial charge in [0.1, 0.15) is 23.0 Å². The van der Waals surface area contributed by atoms with Crippen LogP contribution in [0.15, 0.2) is 97.1 Å². The highest BCUT2D eigenvalue weighted by Gasteiger charge is 2.25. The third-order valence-corrected chi connectivity index (χ3v) is 7.01. The van der Waals surface area contributed by atoms with E-state index in [4.69, 9.17) is 9.47 Å². The third-order valence-electron chi connectivity index (χ3n) is 7.01. The van der Waals surface area contributed by atoms with Crippen LogP contribution >= 0.6 is 0 Å². The first kappa shape index (κ1) is 30.0. The Hall–Kier alpha value is -4.98. The molecule has 0 aliphatic carbocycles. The van der Waals surface area contributed by atoms with Gasteiger partial charge >= 0.3 is 11.9 Å². The maximum absolute atomic E-state index is 12.9. The molecular weight excluding hydrogens is 536 g/mol. The maximum Gasteiger partial charge on any atom is 0.338 e. The van der Waals surface area contributed by atoms with Crippen molar-refractivity contribution in [1.82, 2.24) is 0 Å². The van der Waals surface area contributed by atoms with Crippen molar-refractivity contribution in [1.29, 1.82) is 0 Å². The molecule has 0 radical (unpaired) electrons. The van der Waals surface area contributed by atoms with E-state index in [1.54, 1.807) is 0 Å². The van der Waals surface area contributed by atoms with Gasteiger partial charge < -0.3 is 29.9 Å². The van der Waals surface area contributed by atoms with Crippen LogP contribution in [0.3, 0.4) is 0 Å². The molecule has 4 rings (SSSR count). The number of rotatable bonds is 13. The lowest BCUT2D eigenvalue weighted by Crippen LogP contribution is -2.26. The molecular formula is C34H34O8. The first-order valence-electron chi connectivity index (χ1n) is 13.7. The van der Waals surface area contributed by atoms with Crippen molar-refractivity contribution in [3.8, 4) is 23.0 Å². The summed E-state index contributed by atoms with van der Waals surface area (Å²) in [6.45, 7) is 0.227. The smallest absolute Gasteiger partial charge is 0.338 e. The number of phenolic OH excluding ortho intramolecular Hbond substituents is 4. The van der Waals surface area contributed by atoms with Gasteiger partial charge in [-0.1, -0.05) is 60.7 Å². The standard InChI is InChI=1S/C34H34O8/c35-29-16-26(17-30(36)20-29)33(39)41-13-7-12-25(14-23-8-3-1-4-9-23)28(15-24-10-5-2-6-11-24)22-42-34(40)27-18-31(37)21-32(38)19-27/h1-6,8-11,16-21,25,28,35-38H,7,12-15,22H2/t25-,28+/m1/s1. The van der Waals surface area contributed by atoms with Gasteiger partial charge in [0.2, 0.25) is 0 Å². The van der Waals surface area contributed by atoms with Crippen LogP contribution in [0.5, 0.6) is 23.0 Å². The van der Waals surface area contributed by atoms with Crippen molar-refractivity contribution in [2.75, 3.05) is 13.2 Å². The minimum absolute atomic E-state index is 0.0431. The van der Waals surface area contributed by atoms with Crippen LogP contribution in [-0.4, -0.2) is 45.6 Å². The molecule has 218 valence electrons. The second kappa shape index (κ2) is 14.6. The predicted octanol–water partition coefficient (Wildman–Crippen LogP) is 6.02. The van der Waals surface area contributed by atoms with Gasteiger partial charge in [0, 0.05) is 18.1 Å². The summed E-state index contributed by atoms with van der Waals surface area (Å²) in [5.41, 5.74) is 2.31. The summed E-state index contributed by atoms with van der Waals surface area (Å²) in [4.78, 5) is 25.3. The third kappa shape index (κ3) is 9.02. The lowest BCUT2D eigenvalue weighted by atomic mass is 9.80. The molecule has 4 aromatic rings. The molecule has 4 N–H and O–H groups in total. The van der Waals surface area contributed by atoms with Gasteiger partial charge in [-0.15, -0.1) is 0 Å². The van der Waals surface area contributed by atoms with Crippen molar-refractivity contribution in [3.63, 3.8) is 0 Å². The first-order valence-corrected chi connectivity index (χ1v) is 13.7. The van der Waals surface area contributed by atoms with Gasteiger partial charge in [0.15, 0.2) is 0 Å². The van der Waals surface area contributed by atoms with Crippen LogP contribution in [0, 0.1) is 11.8 Å². The molecule has 4 aromatic carbocycles. The fraction of sp³-hybridized carbons (Fsp3) is 0.235. The highest BCUT2D eigenvalue weighted by molar-refractivity contribution is 5.91. The average Bonchev–Trinajstić information content (AvgIpc) is 2.96. The molecule has 0 fully saturated rings. The highest BCUT2D eigenvalue weighted by Crippen LogP contribution is 2.28. The molecule has 42 heavy (non-hydrogen) atoms. The number of benzene rings is 4. The zero-order chi connectivity index (χ0) is 29.9. The van der Waals surface area contributed by atoms with Crippen LogP contribution in [0.4, 0.5) is 0 Å². The Morgan fingerprint density at radius 3 is 1.48 bits per heavy atom. The molecule has 2 atom stereocenters. The summed E-state index contributed by atoms with van der Waals surface area (Å²) in [6, 6.07) is 27.1. The van der Waals surface area contributed by atoms with E-state index in [-0.39, 0.29) is 59.2 Å². The number of hydrogen-bond donors (Lipinski definition) is 4. The van der Waals surface area contributed by atoms with Gasteiger partial charge in [0.05, 0.1) is 24.3 Å². The summed E-state index contributed by atoms with van der Waals surface area (Å²) in [5, 5.41) is 38.9. The van der Waals surface area contributed by atoms with Gasteiger partial charge in [0.25, 0.3) is 0 Å². The van der Waals surface area contributed by atoms with Gasteiger partial charge in [-0.25, -0.2) is 9.59 Å². The molecule has 0 bridgehead atoms. The molecule has 8 heteroatoms. The van der Waals surface area contributed by atoms with Crippen LogP contribution in [0.2, 0.25) is 0 Å². The Morgan fingerprint density at radius 2 is 1.00 bits per heavy atom. The Kier molecular flexibility index (Phi) is 10.4. The largest absolute Gasteiger partial charge is 0.508 e. The van der Waals surface area contributed by atoms with E-state index in [1.165, 1.54) is 24.3 Å². The molecule has 0 spiro atoms. The minimum atomic E-state index is -0.652. The zero-order valence-electron chi connectivity index (χ0n) is 23.1. The monoisotopic (exact) mass is 570 g/mol. The lowest BCUT2D eigenvalue weighted by molar-refractivity contribution is 0.0361. The molecule has 0 amide bonds. The van der Waals surface area contributed by atoms with Crippen molar-refractivity contribution >= 4 is 11.9 Å². The normalized spacial score (nSPS) is 12.3. The fourth-order valence-electron chi connectivity index (χ4n) is 4.99. The molecule has 8 nitrogen and oxygen atoms in total. The summed E-state index contributed by atoms with van der Waals surface area (Å²) in [7, 11) is 0. The number of carbonyl (C=O) groups excluding carboxylic acids is 2. The number of aromatic hydroxyl groups is 4. The summed E-state index contributed by atoms with van der Waals surface area (Å²) in [6.07, 6.45) is 2.54. The van der Waals surface area contributed by atoms with Crippen molar-refractivity contribution in [2.24, 2.45) is 11.8 Å². The van der Waals surface area contributed by atoms with E-state index >= 15 is 0 Å². The fourth-order valence-corrected chi connectivity index (χ4v) is 4.99. The number of hydrogen-bond acceptors (Lipinski definition) is 8. The zero-order valence-corrected chi connectivity index (χ0v) is 23.1. The SMILES string of the molecule is O=C(OCCC[C@H](Cc1ccccc1)[C@H](COC(=O)c1cc(O)cc(O)c1)Cc1ccccc1)c1cc(O)cc(O)c1. The van der Waals surface area contributed by atoms with Crippen LogP contribution < -0.4 is 0 Å². The van der Waals surface area contributed by atoms with Crippen molar-refractivity contribution in [3.05, 3.63) is 119 Å². The molecule has 0 saturated carbocycles. The van der Waals surface area contributed by atoms with Crippen molar-refractivity contribution in [2.45, 2.75) is 25.7 Å². The van der Waals surface area contributed by atoms with Crippen molar-refractivity contribution < 1.29 is 39.5 Å². The van der Waals surface area contributed by atoms with E-state index < -0.39 is 11.9 Å². The van der Waals surface area contributed by atoms with E-state index in [0.29, 0.717) is 25.7 Å². The van der Waals surface area contributed by atoms with E-state index in [9.17, 15) is 30.0 Å². The Labute approximate surface area is 244 Å². The van der Waals surface area contributed by atoms with E-state index in [2.05, 4.69) is 0 Å². The quantitative estimate of drug-likeness (QED) is 0.113. The first-order chi connectivity index (χ1) is 20.3. The molecule has 0 aliphatic rings. The van der Waals surface area contributed by atoms with Gasteiger partial charge in [-0.05, 0) is 67.0 Å². The summed E-state index contributed by atoms with van der Waals surface area (Å²) in [5.74, 6) is -2.29. The number of esters is 2. The van der Waals surface area contributed by atoms with Gasteiger partial charge in [-0.3, -0.25) is 0 Å². The van der Waals surface area contributed by atoms with E-state index in [1.807, 2.05) is 60.7 Å². The summed E-state index contributed by atoms with van der Waals surface area (Å²) < 4.78 is 11.1. The molecule has 0 saturated heterocycles. The molecule has 0 aromatic heterocycles. The second-order valence-electron chi connectivity index (χ2n) is 10.3. The molecule has 0 aliphatic heterocycles. The summed E-state index contributed by atoms with van der Waals surface area (Å²) >= 11 is 0. The van der Waals surface area contributed by atoms with Crippen LogP contribution in [0.25, 0.3) is 0 Å². The number of carbonyl (C=O) groups is 2. The minimum Gasteiger partial charge on any atom is -0.508 e. The predicted molar refractivity (Wildman–Crippen MR) is 157 cm³/mol. The Morgan fingerprint density at radius 1 is 0.571 bits per heavy atom. The van der Waals surface area contributed by atoms with E-state index in [0.717, 1.165) is 23.3 Å². The number of ether oxygens (including phenoxy) is 2. The molecule has 0 unspecified atom stereocenters. The van der Waals surface area contributed by atoms with Crippen LogP contribution in [-0.2, 0) is 22.3 Å². The van der Waals surface area contributed by atoms with Crippen LogP contribution in [0.1, 0.15) is 44.7 Å².